The zero-order valence-corrected chi connectivity index (χ0v) is 16.3. The number of thiocarbonyl (C=S) groups is 1. The summed E-state index contributed by atoms with van der Waals surface area (Å²) in [7, 11) is 0. The molecule has 1 aromatic heterocycles. The lowest BCUT2D eigenvalue weighted by molar-refractivity contribution is -0.123. The van der Waals surface area contributed by atoms with Crippen molar-refractivity contribution in [3.8, 4) is 11.3 Å². The Morgan fingerprint density at radius 2 is 1.96 bits per heavy atom. The van der Waals surface area contributed by atoms with Gasteiger partial charge in [0.1, 0.15) is 15.8 Å². The van der Waals surface area contributed by atoms with E-state index in [-0.39, 0.29) is 23.3 Å². The molecule has 4 rings (SSSR count). The van der Waals surface area contributed by atoms with Gasteiger partial charge in [0.15, 0.2) is 11.6 Å². The van der Waals surface area contributed by atoms with Crippen molar-refractivity contribution in [2.45, 2.75) is 38.6 Å². The van der Waals surface area contributed by atoms with Gasteiger partial charge in [0.2, 0.25) is 0 Å². The first-order chi connectivity index (χ1) is 13.0. The molecule has 0 atom stereocenters. The Morgan fingerprint density at radius 1 is 1.22 bits per heavy atom. The van der Waals surface area contributed by atoms with E-state index in [1.165, 1.54) is 17.8 Å². The average molecular weight is 405 g/mol. The van der Waals surface area contributed by atoms with E-state index in [9.17, 15) is 13.6 Å². The molecule has 140 valence electrons. The van der Waals surface area contributed by atoms with Gasteiger partial charge < -0.3 is 4.42 Å². The number of amides is 1. The summed E-state index contributed by atoms with van der Waals surface area (Å²) in [6.07, 6.45) is 5.79. The van der Waals surface area contributed by atoms with Gasteiger partial charge in [0, 0.05) is 12.1 Å². The molecule has 27 heavy (non-hydrogen) atoms. The standard InChI is InChI=1S/C20H17F2NO2S2/c1-11-6-8-14(21)18(22)17(11)15-9-7-13(25-15)10-16-19(24)23(20(26)27-16)12-4-2-3-5-12/h6-10,12H,2-5H2,1H3/b16-10-. The van der Waals surface area contributed by atoms with E-state index >= 15 is 0 Å². The van der Waals surface area contributed by atoms with E-state index in [0.29, 0.717) is 20.5 Å². The van der Waals surface area contributed by atoms with E-state index in [4.69, 9.17) is 16.6 Å². The van der Waals surface area contributed by atoms with Crippen LogP contribution < -0.4 is 0 Å². The Hall–Kier alpha value is -1.99. The predicted octanol–water partition coefficient (Wildman–Crippen LogP) is 5.68. The SMILES string of the molecule is Cc1ccc(F)c(F)c1-c1ccc(/C=C2\SC(=S)N(C3CCCC3)C2=O)o1. The normalized spacial score (nSPS) is 19.7. The Kier molecular flexibility index (Phi) is 4.90. The van der Waals surface area contributed by atoms with Crippen molar-refractivity contribution < 1.29 is 18.0 Å². The highest BCUT2D eigenvalue weighted by Gasteiger charge is 2.38. The lowest BCUT2D eigenvalue weighted by Crippen LogP contribution is -2.36. The van der Waals surface area contributed by atoms with E-state index in [0.717, 1.165) is 31.7 Å². The topological polar surface area (TPSA) is 33.5 Å². The quantitative estimate of drug-likeness (QED) is 0.486. The summed E-state index contributed by atoms with van der Waals surface area (Å²) in [6.45, 7) is 1.69. The summed E-state index contributed by atoms with van der Waals surface area (Å²) in [4.78, 5) is 14.9. The van der Waals surface area contributed by atoms with E-state index in [1.807, 2.05) is 0 Å². The smallest absolute Gasteiger partial charge is 0.266 e. The van der Waals surface area contributed by atoms with Crippen LogP contribution in [0.3, 0.4) is 0 Å². The molecule has 2 fully saturated rings. The summed E-state index contributed by atoms with van der Waals surface area (Å²) < 4.78 is 34.0. The number of benzene rings is 1. The molecule has 1 saturated carbocycles. The first-order valence-corrected chi connectivity index (χ1v) is 10.00. The van der Waals surface area contributed by atoms with Crippen molar-refractivity contribution in [2.24, 2.45) is 0 Å². The molecule has 0 spiro atoms. The lowest BCUT2D eigenvalue weighted by atomic mass is 10.1. The van der Waals surface area contributed by atoms with Crippen LogP contribution in [-0.4, -0.2) is 21.2 Å². The first kappa shape index (κ1) is 18.4. The summed E-state index contributed by atoms with van der Waals surface area (Å²) >= 11 is 6.64. The van der Waals surface area contributed by atoms with Crippen molar-refractivity contribution >= 4 is 40.3 Å². The minimum atomic E-state index is -0.941. The van der Waals surface area contributed by atoms with Crippen molar-refractivity contribution in [1.29, 1.82) is 0 Å². The number of rotatable bonds is 3. The van der Waals surface area contributed by atoms with Crippen LogP contribution in [0.5, 0.6) is 0 Å². The zero-order valence-electron chi connectivity index (χ0n) is 14.6. The van der Waals surface area contributed by atoms with Gasteiger partial charge in [-0.3, -0.25) is 9.69 Å². The third kappa shape index (κ3) is 3.34. The molecule has 7 heteroatoms. The molecular formula is C20H17F2NO2S2. The zero-order chi connectivity index (χ0) is 19.1. The molecular weight excluding hydrogens is 388 g/mol. The molecule has 1 aliphatic carbocycles. The largest absolute Gasteiger partial charge is 0.457 e. The highest BCUT2D eigenvalue weighted by atomic mass is 32.2. The van der Waals surface area contributed by atoms with E-state index < -0.39 is 11.6 Å². The number of carbonyl (C=O) groups excluding carboxylic acids is 1. The fraction of sp³-hybridized carbons (Fsp3) is 0.300. The number of aryl methyl sites for hydroxylation is 1. The molecule has 2 aliphatic rings. The van der Waals surface area contributed by atoms with Gasteiger partial charge in [-0.15, -0.1) is 0 Å². The van der Waals surface area contributed by atoms with Gasteiger partial charge in [0.25, 0.3) is 5.91 Å². The van der Waals surface area contributed by atoms with Crippen molar-refractivity contribution in [3.63, 3.8) is 0 Å². The van der Waals surface area contributed by atoms with Crippen LogP contribution in [0.25, 0.3) is 17.4 Å². The Bertz CT molecular complexity index is 961. The van der Waals surface area contributed by atoms with Crippen molar-refractivity contribution in [1.82, 2.24) is 4.90 Å². The molecule has 1 amide bonds. The Morgan fingerprint density at radius 3 is 2.70 bits per heavy atom. The highest BCUT2D eigenvalue weighted by Crippen LogP contribution is 2.38. The number of carbonyl (C=O) groups is 1. The third-order valence-corrected chi connectivity index (χ3v) is 6.29. The van der Waals surface area contributed by atoms with Gasteiger partial charge in [0.05, 0.1) is 10.5 Å². The summed E-state index contributed by atoms with van der Waals surface area (Å²) in [5, 5.41) is 0. The predicted molar refractivity (Wildman–Crippen MR) is 106 cm³/mol. The second-order valence-electron chi connectivity index (χ2n) is 6.75. The minimum absolute atomic E-state index is 0.0909. The maximum atomic E-state index is 14.2. The number of hydrogen-bond donors (Lipinski definition) is 0. The van der Waals surface area contributed by atoms with Crippen LogP contribution in [-0.2, 0) is 4.79 Å². The number of thioether (sulfide) groups is 1. The van der Waals surface area contributed by atoms with Crippen LogP contribution in [0, 0.1) is 18.6 Å². The van der Waals surface area contributed by atoms with Crippen LogP contribution in [0.1, 0.15) is 37.0 Å². The number of halogens is 2. The molecule has 2 aromatic rings. The monoisotopic (exact) mass is 405 g/mol. The molecule has 0 bridgehead atoms. The fourth-order valence-corrected chi connectivity index (χ4v) is 4.98. The maximum Gasteiger partial charge on any atom is 0.266 e. The van der Waals surface area contributed by atoms with Crippen LogP contribution in [0.15, 0.2) is 33.6 Å². The molecule has 3 nitrogen and oxygen atoms in total. The molecule has 0 radical (unpaired) electrons. The van der Waals surface area contributed by atoms with Gasteiger partial charge in [-0.1, -0.05) is 42.9 Å². The number of furan rings is 1. The highest BCUT2D eigenvalue weighted by molar-refractivity contribution is 8.26. The summed E-state index contributed by atoms with van der Waals surface area (Å²) in [5.74, 6) is -1.35. The van der Waals surface area contributed by atoms with E-state index in [1.54, 1.807) is 30.0 Å². The number of nitrogens with zero attached hydrogens (tertiary/aromatic N) is 1. The maximum absolute atomic E-state index is 14.2. The molecule has 1 aromatic carbocycles. The first-order valence-electron chi connectivity index (χ1n) is 8.77. The Labute approximate surface area is 165 Å². The Balaban J connectivity index is 1.62. The average Bonchev–Trinajstić information content (AvgIpc) is 3.35. The number of hydrogen-bond acceptors (Lipinski definition) is 4. The van der Waals surface area contributed by atoms with Crippen LogP contribution in [0.2, 0.25) is 0 Å². The van der Waals surface area contributed by atoms with Gasteiger partial charge in [-0.25, -0.2) is 8.78 Å². The fourth-order valence-electron chi connectivity index (χ4n) is 3.60. The van der Waals surface area contributed by atoms with Gasteiger partial charge in [-0.2, -0.15) is 0 Å². The van der Waals surface area contributed by atoms with Gasteiger partial charge >= 0.3 is 0 Å². The summed E-state index contributed by atoms with van der Waals surface area (Å²) in [6, 6.07) is 5.99. The van der Waals surface area contributed by atoms with Crippen LogP contribution >= 0.6 is 24.0 Å². The van der Waals surface area contributed by atoms with Crippen LogP contribution in [0.4, 0.5) is 8.78 Å². The van der Waals surface area contributed by atoms with Gasteiger partial charge in [-0.05, 0) is 43.5 Å². The minimum Gasteiger partial charge on any atom is -0.457 e. The molecule has 1 aliphatic heterocycles. The van der Waals surface area contributed by atoms with Crippen molar-refractivity contribution in [3.05, 3.63) is 52.1 Å². The van der Waals surface area contributed by atoms with Crippen molar-refractivity contribution in [2.75, 3.05) is 0 Å². The third-order valence-electron chi connectivity index (χ3n) is 4.96. The van der Waals surface area contributed by atoms with E-state index in [2.05, 4.69) is 0 Å². The lowest BCUT2D eigenvalue weighted by Gasteiger charge is -2.21. The second-order valence-corrected chi connectivity index (χ2v) is 8.42. The molecule has 0 unspecified atom stereocenters. The molecule has 0 N–H and O–H groups in total. The molecule has 1 saturated heterocycles. The molecule has 2 heterocycles. The summed E-state index contributed by atoms with van der Waals surface area (Å²) in [5.41, 5.74) is 0.663. The second kappa shape index (κ2) is 7.20.